The maximum atomic E-state index is 11.3. The first-order valence-electron chi connectivity index (χ1n) is 5.62. The molecule has 2 fully saturated rings. The summed E-state index contributed by atoms with van der Waals surface area (Å²) in [5.74, 6) is -2.38. The Morgan fingerprint density at radius 1 is 1.56 bits per heavy atom. The summed E-state index contributed by atoms with van der Waals surface area (Å²) in [4.78, 5) is 22.3. The number of amides is 1. The fourth-order valence-electron chi connectivity index (χ4n) is 2.20. The monoisotopic (exact) mass is 226 g/mol. The molecule has 2 N–H and O–H groups in total. The summed E-state index contributed by atoms with van der Waals surface area (Å²) in [6.07, 6.45) is 6.08. The Kier molecular flexibility index (Phi) is 3.14. The average Bonchev–Trinajstić information content (AvgIpc) is 2.84. The SMILES string of the molecule is NC(=O)C1(OCC2CCCC2)[CH]CC(=O)O1. The zero-order valence-electron chi connectivity index (χ0n) is 9.11. The number of hydrogen-bond donors (Lipinski definition) is 1. The van der Waals surface area contributed by atoms with E-state index in [9.17, 15) is 9.59 Å². The highest BCUT2D eigenvalue weighted by atomic mass is 16.7. The Bertz CT molecular complexity index is 298. The molecule has 1 saturated carbocycles. The number of rotatable bonds is 4. The van der Waals surface area contributed by atoms with Crippen LogP contribution >= 0.6 is 0 Å². The minimum atomic E-state index is -1.61. The van der Waals surface area contributed by atoms with Crippen LogP contribution in [0.4, 0.5) is 0 Å². The Labute approximate surface area is 94.3 Å². The molecule has 1 aliphatic heterocycles. The molecule has 89 valence electrons. The number of carbonyl (C=O) groups is 2. The minimum absolute atomic E-state index is 0.0770. The molecule has 0 aromatic carbocycles. The van der Waals surface area contributed by atoms with Crippen LogP contribution in [0.1, 0.15) is 32.1 Å². The van der Waals surface area contributed by atoms with E-state index < -0.39 is 17.7 Å². The predicted molar refractivity (Wildman–Crippen MR) is 54.8 cm³/mol. The second kappa shape index (κ2) is 4.41. The number of cyclic esters (lactones) is 1. The second-order valence-corrected chi connectivity index (χ2v) is 4.38. The molecule has 1 unspecified atom stereocenters. The molecule has 2 aliphatic rings. The van der Waals surface area contributed by atoms with Crippen molar-refractivity contribution in [3.63, 3.8) is 0 Å². The van der Waals surface area contributed by atoms with E-state index in [-0.39, 0.29) is 6.42 Å². The smallest absolute Gasteiger partial charge is 0.309 e. The van der Waals surface area contributed by atoms with Crippen molar-refractivity contribution < 1.29 is 19.1 Å². The molecular weight excluding hydrogens is 210 g/mol. The van der Waals surface area contributed by atoms with E-state index >= 15 is 0 Å². The van der Waals surface area contributed by atoms with E-state index in [1.807, 2.05) is 0 Å². The maximum Gasteiger partial charge on any atom is 0.309 e. The van der Waals surface area contributed by atoms with Gasteiger partial charge in [-0.2, -0.15) is 0 Å². The van der Waals surface area contributed by atoms with Gasteiger partial charge in [-0.25, -0.2) is 0 Å². The van der Waals surface area contributed by atoms with Gasteiger partial charge in [0.2, 0.25) is 0 Å². The lowest BCUT2D eigenvalue weighted by Crippen LogP contribution is -2.47. The fourth-order valence-corrected chi connectivity index (χ4v) is 2.20. The number of carbonyl (C=O) groups excluding carboxylic acids is 2. The van der Waals surface area contributed by atoms with Crippen molar-refractivity contribution >= 4 is 11.9 Å². The molecule has 1 amide bonds. The molecule has 1 radical (unpaired) electrons. The third kappa shape index (κ3) is 2.19. The molecule has 2 rings (SSSR count). The van der Waals surface area contributed by atoms with Crippen LogP contribution < -0.4 is 5.73 Å². The molecule has 1 saturated heterocycles. The van der Waals surface area contributed by atoms with Gasteiger partial charge in [-0.1, -0.05) is 12.8 Å². The zero-order chi connectivity index (χ0) is 11.6. The van der Waals surface area contributed by atoms with Gasteiger partial charge in [0.1, 0.15) is 0 Å². The third-order valence-corrected chi connectivity index (χ3v) is 3.15. The van der Waals surface area contributed by atoms with Crippen molar-refractivity contribution in [1.29, 1.82) is 0 Å². The van der Waals surface area contributed by atoms with Crippen LogP contribution in [-0.2, 0) is 19.1 Å². The lowest BCUT2D eigenvalue weighted by Gasteiger charge is -2.25. The maximum absolute atomic E-state index is 11.3. The zero-order valence-corrected chi connectivity index (χ0v) is 9.11. The first-order valence-corrected chi connectivity index (χ1v) is 5.62. The van der Waals surface area contributed by atoms with Gasteiger partial charge in [-0.15, -0.1) is 0 Å². The number of esters is 1. The number of hydrogen-bond acceptors (Lipinski definition) is 4. The van der Waals surface area contributed by atoms with Crippen molar-refractivity contribution in [2.45, 2.75) is 37.9 Å². The standard InChI is InChI=1S/C11H16NO4/c12-10(14)11(6-5-9(13)16-11)15-7-8-3-1-2-4-8/h6,8H,1-5,7H2,(H2,12,14). The van der Waals surface area contributed by atoms with Gasteiger partial charge >= 0.3 is 5.97 Å². The predicted octanol–water partition coefficient (Wildman–Crippen LogP) is 0.526. The van der Waals surface area contributed by atoms with Crippen molar-refractivity contribution in [3.05, 3.63) is 6.42 Å². The van der Waals surface area contributed by atoms with Crippen molar-refractivity contribution in [3.8, 4) is 0 Å². The Hall–Kier alpha value is -1.10. The molecule has 0 bridgehead atoms. The van der Waals surface area contributed by atoms with Gasteiger partial charge in [-0.3, -0.25) is 9.59 Å². The summed E-state index contributed by atoms with van der Waals surface area (Å²) in [5, 5.41) is 0. The molecular formula is C11H16NO4. The van der Waals surface area contributed by atoms with Gasteiger partial charge in [0, 0.05) is 0 Å². The lowest BCUT2D eigenvalue weighted by molar-refractivity contribution is -0.205. The third-order valence-electron chi connectivity index (χ3n) is 3.15. The van der Waals surface area contributed by atoms with Crippen LogP contribution in [0.5, 0.6) is 0 Å². The van der Waals surface area contributed by atoms with Crippen LogP contribution in [0.25, 0.3) is 0 Å². The van der Waals surface area contributed by atoms with Gasteiger partial charge in [0.05, 0.1) is 19.4 Å². The first kappa shape index (κ1) is 11.4. The summed E-state index contributed by atoms with van der Waals surface area (Å²) >= 11 is 0. The van der Waals surface area contributed by atoms with Gasteiger partial charge in [0.25, 0.3) is 11.7 Å². The number of nitrogens with two attached hydrogens (primary N) is 1. The van der Waals surface area contributed by atoms with Gasteiger partial charge in [0.15, 0.2) is 0 Å². The highest BCUT2D eigenvalue weighted by Crippen LogP contribution is 2.31. The summed E-state index contributed by atoms with van der Waals surface area (Å²) in [6, 6.07) is 0. The molecule has 5 nitrogen and oxygen atoms in total. The van der Waals surface area contributed by atoms with E-state index in [4.69, 9.17) is 15.2 Å². The molecule has 1 aliphatic carbocycles. The minimum Gasteiger partial charge on any atom is -0.423 e. The quantitative estimate of drug-likeness (QED) is 0.709. The molecule has 0 spiro atoms. The van der Waals surface area contributed by atoms with Crippen LogP contribution in [0, 0.1) is 12.3 Å². The van der Waals surface area contributed by atoms with E-state index in [1.54, 1.807) is 0 Å². The molecule has 0 aromatic rings. The second-order valence-electron chi connectivity index (χ2n) is 4.38. The Balaban J connectivity index is 1.92. The fraction of sp³-hybridized carbons (Fsp3) is 0.727. The highest BCUT2D eigenvalue weighted by molar-refractivity contribution is 5.90. The van der Waals surface area contributed by atoms with E-state index in [2.05, 4.69) is 0 Å². The van der Waals surface area contributed by atoms with Crippen LogP contribution in [0.3, 0.4) is 0 Å². The number of primary amides is 1. The van der Waals surface area contributed by atoms with Crippen LogP contribution in [-0.4, -0.2) is 24.3 Å². The van der Waals surface area contributed by atoms with Crippen LogP contribution in [0.2, 0.25) is 0 Å². The van der Waals surface area contributed by atoms with Gasteiger partial charge < -0.3 is 15.2 Å². The molecule has 5 heteroatoms. The van der Waals surface area contributed by atoms with E-state index in [1.165, 1.54) is 19.3 Å². The molecule has 1 atom stereocenters. The Morgan fingerprint density at radius 2 is 2.25 bits per heavy atom. The number of ether oxygens (including phenoxy) is 2. The lowest BCUT2D eigenvalue weighted by atomic mass is 10.1. The van der Waals surface area contributed by atoms with Crippen LogP contribution in [0.15, 0.2) is 0 Å². The van der Waals surface area contributed by atoms with Crippen molar-refractivity contribution in [2.24, 2.45) is 11.7 Å². The molecule has 1 heterocycles. The van der Waals surface area contributed by atoms with E-state index in [0.29, 0.717) is 12.5 Å². The van der Waals surface area contributed by atoms with Crippen molar-refractivity contribution in [1.82, 2.24) is 0 Å². The summed E-state index contributed by atoms with van der Waals surface area (Å²) in [5.41, 5.74) is 5.21. The van der Waals surface area contributed by atoms with Gasteiger partial charge in [-0.05, 0) is 18.8 Å². The van der Waals surface area contributed by atoms with Crippen molar-refractivity contribution in [2.75, 3.05) is 6.61 Å². The highest BCUT2D eigenvalue weighted by Gasteiger charge is 2.48. The Morgan fingerprint density at radius 3 is 2.75 bits per heavy atom. The topological polar surface area (TPSA) is 78.6 Å². The molecule has 0 aromatic heterocycles. The summed E-state index contributed by atoms with van der Waals surface area (Å²) in [6.45, 7) is 0.423. The first-order chi connectivity index (χ1) is 7.62. The summed E-state index contributed by atoms with van der Waals surface area (Å²) in [7, 11) is 0. The van der Waals surface area contributed by atoms with E-state index in [0.717, 1.165) is 12.8 Å². The average molecular weight is 226 g/mol. The molecule has 16 heavy (non-hydrogen) atoms. The summed E-state index contributed by atoms with van der Waals surface area (Å²) < 4.78 is 10.3. The largest absolute Gasteiger partial charge is 0.423 e. The normalized spacial score (nSPS) is 30.6.